The standard InChI is InChI=1S/C12H13NO3/c1-12(2)7-5-9-10(16-4-3-15-9)6-8(7)13-11(12)14/h5-6H,3-4H2,1-2H3,(H,13,14). The minimum atomic E-state index is -0.495. The van der Waals surface area contributed by atoms with E-state index in [2.05, 4.69) is 5.32 Å². The maximum atomic E-state index is 11.8. The summed E-state index contributed by atoms with van der Waals surface area (Å²) in [6.45, 7) is 4.94. The molecule has 2 aliphatic rings. The Morgan fingerprint density at radius 2 is 1.81 bits per heavy atom. The van der Waals surface area contributed by atoms with Crippen molar-refractivity contribution in [3.05, 3.63) is 17.7 Å². The normalized spacial score (nSPS) is 20.2. The van der Waals surface area contributed by atoms with Crippen molar-refractivity contribution in [2.75, 3.05) is 18.5 Å². The second-order valence-electron chi connectivity index (χ2n) is 4.62. The minimum absolute atomic E-state index is 0.0184. The summed E-state index contributed by atoms with van der Waals surface area (Å²) in [6, 6.07) is 3.75. The molecule has 4 nitrogen and oxygen atoms in total. The molecule has 1 aromatic rings. The lowest BCUT2D eigenvalue weighted by molar-refractivity contribution is -0.119. The second kappa shape index (κ2) is 2.90. The van der Waals surface area contributed by atoms with E-state index in [1.54, 1.807) is 0 Å². The molecule has 0 fully saturated rings. The highest BCUT2D eigenvalue weighted by atomic mass is 16.6. The van der Waals surface area contributed by atoms with Gasteiger partial charge in [-0.1, -0.05) is 0 Å². The van der Waals surface area contributed by atoms with Gasteiger partial charge in [0.05, 0.1) is 5.41 Å². The van der Waals surface area contributed by atoms with Crippen molar-refractivity contribution in [3.8, 4) is 11.5 Å². The van der Waals surface area contributed by atoms with Crippen LogP contribution in [0.25, 0.3) is 0 Å². The first kappa shape index (κ1) is 9.51. The SMILES string of the molecule is CC1(C)C(=O)Nc2cc3c(cc21)OCCO3. The Morgan fingerprint density at radius 1 is 1.19 bits per heavy atom. The minimum Gasteiger partial charge on any atom is -0.486 e. The van der Waals surface area contributed by atoms with Gasteiger partial charge in [-0.2, -0.15) is 0 Å². The number of fused-ring (bicyclic) bond motifs is 2. The molecule has 84 valence electrons. The van der Waals surface area contributed by atoms with E-state index in [1.165, 1.54) is 0 Å². The Morgan fingerprint density at radius 3 is 2.50 bits per heavy atom. The molecule has 16 heavy (non-hydrogen) atoms. The number of carbonyl (C=O) groups excluding carboxylic acids is 1. The van der Waals surface area contributed by atoms with Gasteiger partial charge in [-0.25, -0.2) is 0 Å². The van der Waals surface area contributed by atoms with Crippen LogP contribution in [-0.4, -0.2) is 19.1 Å². The van der Waals surface area contributed by atoms with Crippen molar-refractivity contribution in [2.45, 2.75) is 19.3 Å². The van der Waals surface area contributed by atoms with Crippen molar-refractivity contribution in [1.82, 2.24) is 0 Å². The van der Waals surface area contributed by atoms with Gasteiger partial charge in [0.25, 0.3) is 0 Å². The highest BCUT2D eigenvalue weighted by Gasteiger charge is 2.39. The average molecular weight is 219 g/mol. The van der Waals surface area contributed by atoms with Gasteiger partial charge in [0.1, 0.15) is 13.2 Å². The number of carbonyl (C=O) groups is 1. The molecule has 0 aliphatic carbocycles. The maximum Gasteiger partial charge on any atom is 0.234 e. The molecule has 1 amide bonds. The van der Waals surface area contributed by atoms with Gasteiger partial charge < -0.3 is 14.8 Å². The van der Waals surface area contributed by atoms with Crippen molar-refractivity contribution in [1.29, 1.82) is 0 Å². The van der Waals surface area contributed by atoms with Crippen molar-refractivity contribution < 1.29 is 14.3 Å². The van der Waals surface area contributed by atoms with Gasteiger partial charge in [0.2, 0.25) is 5.91 Å². The van der Waals surface area contributed by atoms with Crippen molar-refractivity contribution in [3.63, 3.8) is 0 Å². The Balaban J connectivity index is 2.17. The molecule has 0 aromatic heterocycles. The molecule has 0 spiro atoms. The number of benzene rings is 1. The van der Waals surface area contributed by atoms with Gasteiger partial charge >= 0.3 is 0 Å². The number of nitrogens with one attached hydrogen (secondary N) is 1. The van der Waals surface area contributed by atoms with Crippen LogP contribution in [0.5, 0.6) is 11.5 Å². The van der Waals surface area contributed by atoms with E-state index in [0.717, 1.165) is 17.0 Å². The predicted octanol–water partition coefficient (Wildman–Crippen LogP) is 1.69. The molecule has 0 unspecified atom stereocenters. The predicted molar refractivity (Wildman–Crippen MR) is 59.1 cm³/mol. The summed E-state index contributed by atoms with van der Waals surface area (Å²) >= 11 is 0. The number of anilines is 1. The molecule has 2 aliphatic heterocycles. The maximum absolute atomic E-state index is 11.8. The van der Waals surface area contributed by atoms with Crippen LogP contribution in [0.4, 0.5) is 5.69 Å². The number of amides is 1. The molecule has 0 bridgehead atoms. The number of ether oxygens (including phenoxy) is 2. The van der Waals surface area contributed by atoms with Crippen LogP contribution >= 0.6 is 0 Å². The van der Waals surface area contributed by atoms with Crippen LogP contribution in [0, 0.1) is 0 Å². The second-order valence-corrected chi connectivity index (χ2v) is 4.62. The lowest BCUT2D eigenvalue weighted by atomic mass is 9.86. The van der Waals surface area contributed by atoms with Gasteiger partial charge in [-0.05, 0) is 25.5 Å². The fourth-order valence-electron chi connectivity index (χ4n) is 2.11. The zero-order chi connectivity index (χ0) is 11.3. The Bertz CT molecular complexity index is 479. The summed E-state index contributed by atoms with van der Waals surface area (Å²) in [7, 11) is 0. The molecule has 0 radical (unpaired) electrons. The van der Waals surface area contributed by atoms with E-state index in [9.17, 15) is 4.79 Å². The first-order chi connectivity index (χ1) is 7.59. The van der Waals surface area contributed by atoms with Gasteiger partial charge in [0.15, 0.2) is 11.5 Å². The smallest absolute Gasteiger partial charge is 0.234 e. The van der Waals surface area contributed by atoms with E-state index in [0.29, 0.717) is 19.0 Å². The monoisotopic (exact) mass is 219 g/mol. The van der Waals surface area contributed by atoms with E-state index < -0.39 is 5.41 Å². The van der Waals surface area contributed by atoms with Gasteiger partial charge in [-0.15, -0.1) is 0 Å². The molecule has 1 N–H and O–H groups in total. The van der Waals surface area contributed by atoms with E-state index in [-0.39, 0.29) is 5.91 Å². The quantitative estimate of drug-likeness (QED) is 0.722. The van der Waals surface area contributed by atoms with E-state index >= 15 is 0 Å². The average Bonchev–Trinajstić information content (AvgIpc) is 2.48. The zero-order valence-electron chi connectivity index (χ0n) is 9.29. The summed E-state index contributed by atoms with van der Waals surface area (Å²) in [4.78, 5) is 11.8. The highest BCUT2D eigenvalue weighted by molar-refractivity contribution is 6.06. The molecular formula is C12H13NO3. The summed E-state index contributed by atoms with van der Waals surface area (Å²) in [6.07, 6.45) is 0. The molecule has 2 heterocycles. The van der Waals surface area contributed by atoms with E-state index in [4.69, 9.17) is 9.47 Å². The van der Waals surface area contributed by atoms with Gasteiger partial charge in [0, 0.05) is 11.8 Å². The zero-order valence-corrected chi connectivity index (χ0v) is 9.29. The Hall–Kier alpha value is -1.71. The molecule has 1 aromatic carbocycles. The first-order valence-corrected chi connectivity index (χ1v) is 5.34. The van der Waals surface area contributed by atoms with Crippen LogP contribution in [0.1, 0.15) is 19.4 Å². The largest absolute Gasteiger partial charge is 0.486 e. The summed E-state index contributed by atoms with van der Waals surface area (Å²) < 4.78 is 11.0. The van der Waals surface area contributed by atoms with Crippen molar-refractivity contribution in [2.24, 2.45) is 0 Å². The number of hydrogen-bond donors (Lipinski definition) is 1. The summed E-state index contributed by atoms with van der Waals surface area (Å²) in [5.74, 6) is 1.46. The Labute approximate surface area is 93.5 Å². The summed E-state index contributed by atoms with van der Waals surface area (Å²) in [5.41, 5.74) is 1.31. The third kappa shape index (κ3) is 1.13. The fourth-order valence-corrected chi connectivity index (χ4v) is 2.11. The molecule has 0 saturated heterocycles. The molecule has 0 atom stereocenters. The third-order valence-corrected chi connectivity index (χ3v) is 3.17. The molecule has 0 saturated carbocycles. The summed E-state index contributed by atoms with van der Waals surface area (Å²) in [5, 5.41) is 2.86. The lowest BCUT2D eigenvalue weighted by Crippen LogP contribution is -2.26. The fraction of sp³-hybridized carbons (Fsp3) is 0.417. The Kier molecular flexibility index (Phi) is 1.73. The molecule has 3 rings (SSSR count). The lowest BCUT2D eigenvalue weighted by Gasteiger charge is -2.21. The van der Waals surface area contributed by atoms with Crippen LogP contribution in [0.3, 0.4) is 0 Å². The third-order valence-electron chi connectivity index (χ3n) is 3.17. The van der Waals surface area contributed by atoms with Crippen LogP contribution in [-0.2, 0) is 10.2 Å². The molecule has 4 heteroatoms. The van der Waals surface area contributed by atoms with Crippen LogP contribution in [0.2, 0.25) is 0 Å². The van der Waals surface area contributed by atoms with Crippen LogP contribution < -0.4 is 14.8 Å². The number of rotatable bonds is 0. The number of hydrogen-bond acceptors (Lipinski definition) is 3. The van der Waals surface area contributed by atoms with Crippen LogP contribution in [0.15, 0.2) is 12.1 Å². The van der Waals surface area contributed by atoms with Crippen molar-refractivity contribution >= 4 is 11.6 Å². The highest BCUT2D eigenvalue weighted by Crippen LogP contribution is 2.44. The molecular weight excluding hydrogens is 206 g/mol. The van der Waals surface area contributed by atoms with E-state index in [1.807, 2.05) is 26.0 Å². The van der Waals surface area contributed by atoms with Gasteiger partial charge in [-0.3, -0.25) is 4.79 Å². The first-order valence-electron chi connectivity index (χ1n) is 5.34. The topological polar surface area (TPSA) is 47.6 Å².